The number of aldehydes is 1. The van der Waals surface area contributed by atoms with E-state index in [1.165, 1.54) is 57.8 Å². The molecule has 132 valence electrons. The average Bonchev–Trinajstić information content (AvgIpc) is 2.57. The van der Waals surface area contributed by atoms with Crippen molar-refractivity contribution < 1.29 is 4.79 Å². The Balaban J connectivity index is 3.16. The van der Waals surface area contributed by atoms with Gasteiger partial charge in [-0.1, -0.05) is 88.3 Å². The molecule has 0 unspecified atom stereocenters. The zero-order valence-corrected chi connectivity index (χ0v) is 15.3. The van der Waals surface area contributed by atoms with Crippen LogP contribution in [-0.4, -0.2) is 6.29 Å². The number of carbonyl (C=O) groups excluding carboxylic acids is 1. The van der Waals surface area contributed by atoms with Gasteiger partial charge in [-0.2, -0.15) is 0 Å². The first-order chi connectivity index (χ1) is 11.4. The van der Waals surface area contributed by atoms with E-state index in [0.29, 0.717) is 0 Å². The van der Waals surface area contributed by atoms with Gasteiger partial charge in [-0.05, 0) is 38.5 Å². The Morgan fingerprint density at radius 1 is 0.522 bits per heavy atom. The first kappa shape index (κ1) is 21.9. The van der Waals surface area contributed by atoms with E-state index in [4.69, 9.17) is 0 Å². The molecular formula is C22H38O. The Bertz CT molecular complexity index is 312. The molecule has 0 aliphatic carbocycles. The molecule has 0 radical (unpaired) electrons. The maximum atomic E-state index is 10.2. The maximum Gasteiger partial charge on any atom is 0.119 e. The summed E-state index contributed by atoms with van der Waals surface area (Å²) in [4.78, 5) is 10.2. The lowest BCUT2D eigenvalue weighted by Crippen LogP contribution is -1.82. The second kappa shape index (κ2) is 20.9. The Labute approximate surface area is 144 Å². The van der Waals surface area contributed by atoms with Crippen LogP contribution in [0, 0.1) is 0 Å². The van der Waals surface area contributed by atoms with Crippen LogP contribution in [0.3, 0.4) is 0 Å². The molecule has 23 heavy (non-hydrogen) atoms. The van der Waals surface area contributed by atoms with Gasteiger partial charge in [0.2, 0.25) is 0 Å². The molecule has 0 heterocycles. The van der Waals surface area contributed by atoms with Crippen molar-refractivity contribution in [2.75, 3.05) is 0 Å². The van der Waals surface area contributed by atoms with Crippen LogP contribution in [-0.2, 0) is 4.79 Å². The lowest BCUT2D eigenvalue weighted by Gasteiger charge is -2.01. The van der Waals surface area contributed by atoms with E-state index in [-0.39, 0.29) is 0 Å². The van der Waals surface area contributed by atoms with E-state index in [9.17, 15) is 4.79 Å². The molecule has 1 heteroatoms. The van der Waals surface area contributed by atoms with Gasteiger partial charge in [-0.25, -0.2) is 0 Å². The second-order valence-electron chi connectivity index (χ2n) is 6.22. The topological polar surface area (TPSA) is 17.1 Å². The summed E-state index contributed by atoms with van der Waals surface area (Å²) in [6.45, 7) is 2.17. The van der Waals surface area contributed by atoms with Crippen molar-refractivity contribution >= 4 is 6.29 Å². The predicted molar refractivity (Wildman–Crippen MR) is 104 cm³/mol. The minimum absolute atomic E-state index is 0.749. The number of hydrogen-bond acceptors (Lipinski definition) is 1. The summed E-state index contributed by atoms with van der Waals surface area (Å²) in [5, 5.41) is 0. The van der Waals surface area contributed by atoms with Crippen LogP contribution in [0.2, 0.25) is 0 Å². The normalized spacial score (nSPS) is 12.0. The Morgan fingerprint density at radius 2 is 0.957 bits per heavy atom. The third kappa shape index (κ3) is 20.9. The molecule has 0 bridgehead atoms. The molecule has 0 rings (SSSR count). The summed E-state index contributed by atoms with van der Waals surface area (Å²) < 4.78 is 0. The number of rotatable bonds is 17. The smallest absolute Gasteiger partial charge is 0.119 e. The van der Waals surface area contributed by atoms with Crippen LogP contribution in [0.4, 0.5) is 0 Å². The SMILES string of the molecule is CC/C=C/C/C=C/C/C=C/CCCCCCCCCCCC=O. The molecule has 0 atom stereocenters. The summed E-state index contributed by atoms with van der Waals surface area (Å²) in [5.74, 6) is 0. The van der Waals surface area contributed by atoms with E-state index < -0.39 is 0 Å². The molecule has 0 aromatic heterocycles. The fraction of sp³-hybridized carbons (Fsp3) is 0.682. The highest BCUT2D eigenvalue weighted by Gasteiger charge is 1.92. The van der Waals surface area contributed by atoms with Gasteiger partial charge in [0.05, 0.1) is 0 Å². The zero-order chi connectivity index (χ0) is 16.8. The lowest BCUT2D eigenvalue weighted by molar-refractivity contribution is -0.107. The number of allylic oxidation sites excluding steroid dienone is 6. The van der Waals surface area contributed by atoms with Crippen molar-refractivity contribution in [3.8, 4) is 0 Å². The van der Waals surface area contributed by atoms with E-state index in [0.717, 1.165) is 38.4 Å². The molecule has 1 nitrogen and oxygen atoms in total. The lowest BCUT2D eigenvalue weighted by atomic mass is 10.1. The highest BCUT2D eigenvalue weighted by atomic mass is 16.1. The number of carbonyl (C=O) groups is 1. The number of hydrogen-bond donors (Lipinski definition) is 0. The molecule has 0 saturated carbocycles. The predicted octanol–water partition coefficient (Wildman–Crippen LogP) is 7.34. The Hall–Kier alpha value is -1.11. The minimum atomic E-state index is 0.749. The Kier molecular flexibility index (Phi) is 19.9. The quantitative estimate of drug-likeness (QED) is 0.156. The van der Waals surface area contributed by atoms with Crippen LogP contribution < -0.4 is 0 Å². The third-order valence-electron chi connectivity index (χ3n) is 3.97. The Morgan fingerprint density at radius 3 is 1.48 bits per heavy atom. The van der Waals surface area contributed by atoms with Gasteiger partial charge in [0.15, 0.2) is 0 Å². The standard InChI is InChI=1S/C22H38O/c1-2-3-4-5-6-7-8-9-10-11-12-13-14-15-16-17-18-19-20-21-22-23/h3-4,6-7,9-10,22H,2,5,8,11-21H2,1H3/b4-3+,7-6+,10-9+. The van der Waals surface area contributed by atoms with Crippen LogP contribution in [0.25, 0.3) is 0 Å². The van der Waals surface area contributed by atoms with E-state index in [2.05, 4.69) is 43.4 Å². The largest absolute Gasteiger partial charge is 0.303 e. The van der Waals surface area contributed by atoms with Crippen molar-refractivity contribution in [2.45, 2.75) is 96.8 Å². The molecule has 0 saturated heterocycles. The van der Waals surface area contributed by atoms with Gasteiger partial charge >= 0.3 is 0 Å². The molecule has 0 amide bonds. The fourth-order valence-corrected chi connectivity index (χ4v) is 2.55. The van der Waals surface area contributed by atoms with Crippen LogP contribution in [0.15, 0.2) is 36.5 Å². The number of unbranched alkanes of at least 4 members (excludes halogenated alkanes) is 10. The summed E-state index contributed by atoms with van der Waals surface area (Å²) in [5.41, 5.74) is 0. The van der Waals surface area contributed by atoms with E-state index in [1.807, 2.05) is 0 Å². The van der Waals surface area contributed by atoms with E-state index >= 15 is 0 Å². The maximum absolute atomic E-state index is 10.2. The van der Waals surface area contributed by atoms with Crippen molar-refractivity contribution in [3.05, 3.63) is 36.5 Å². The molecule has 0 aromatic carbocycles. The molecule has 0 aliphatic rings. The molecule has 0 aromatic rings. The van der Waals surface area contributed by atoms with Gasteiger partial charge in [0.25, 0.3) is 0 Å². The van der Waals surface area contributed by atoms with Gasteiger partial charge in [-0.15, -0.1) is 0 Å². The molecule has 0 N–H and O–H groups in total. The monoisotopic (exact) mass is 318 g/mol. The van der Waals surface area contributed by atoms with Crippen molar-refractivity contribution in [1.82, 2.24) is 0 Å². The van der Waals surface area contributed by atoms with Gasteiger partial charge in [-0.3, -0.25) is 0 Å². The molecular weight excluding hydrogens is 280 g/mol. The first-order valence-corrected chi connectivity index (χ1v) is 9.80. The molecule has 0 spiro atoms. The third-order valence-corrected chi connectivity index (χ3v) is 3.97. The fourth-order valence-electron chi connectivity index (χ4n) is 2.55. The average molecular weight is 319 g/mol. The highest BCUT2D eigenvalue weighted by molar-refractivity contribution is 5.48. The molecule has 0 aliphatic heterocycles. The first-order valence-electron chi connectivity index (χ1n) is 9.80. The minimum Gasteiger partial charge on any atom is -0.303 e. The highest BCUT2D eigenvalue weighted by Crippen LogP contribution is 2.11. The summed E-state index contributed by atoms with van der Waals surface area (Å²) in [7, 11) is 0. The van der Waals surface area contributed by atoms with Crippen LogP contribution in [0.1, 0.15) is 96.8 Å². The zero-order valence-electron chi connectivity index (χ0n) is 15.3. The van der Waals surface area contributed by atoms with Crippen LogP contribution >= 0.6 is 0 Å². The second-order valence-corrected chi connectivity index (χ2v) is 6.22. The van der Waals surface area contributed by atoms with Crippen molar-refractivity contribution in [3.63, 3.8) is 0 Å². The van der Waals surface area contributed by atoms with E-state index in [1.54, 1.807) is 0 Å². The summed E-state index contributed by atoms with van der Waals surface area (Å²) >= 11 is 0. The van der Waals surface area contributed by atoms with Crippen molar-refractivity contribution in [2.24, 2.45) is 0 Å². The molecule has 0 fully saturated rings. The summed E-state index contributed by atoms with van der Waals surface area (Å²) in [6, 6.07) is 0. The van der Waals surface area contributed by atoms with Gasteiger partial charge < -0.3 is 4.79 Å². The van der Waals surface area contributed by atoms with Gasteiger partial charge in [0, 0.05) is 6.42 Å². The van der Waals surface area contributed by atoms with Gasteiger partial charge in [0.1, 0.15) is 6.29 Å². The van der Waals surface area contributed by atoms with Crippen molar-refractivity contribution in [1.29, 1.82) is 0 Å². The van der Waals surface area contributed by atoms with Crippen LogP contribution in [0.5, 0.6) is 0 Å². The summed E-state index contributed by atoms with van der Waals surface area (Å²) in [6.07, 6.45) is 31.7.